The minimum Gasteiger partial charge on any atom is -0.491 e. The number of para-hydroxylation sites is 2. The van der Waals surface area contributed by atoms with Gasteiger partial charge in [0, 0.05) is 6.42 Å². The minimum absolute atomic E-state index is 0.0856. The van der Waals surface area contributed by atoms with Crippen LogP contribution in [0.3, 0.4) is 0 Å². The van der Waals surface area contributed by atoms with Crippen molar-refractivity contribution in [2.24, 2.45) is 11.8 Å². The van der Waals surface area contributed by atoms with Gasteiger partial charge in [-0.1, -0.05) is 26.0 Å². The summed E-state index contributed by atoms with van der Waals surface area (Å²) in [5, 5.41) is 6.32. The van der Waals surface area contributed by atoms with E-state index in [0.29, 0.717) is 24.9 Å². The molecule has 0 atom stereocenters. The number of ether oxygens (including phenoxy) is 1. The van der Waals surface area contributed by atoms with Gasteiger partial charge in [-0.3, -0.25) is 4.79 Å². The van der Waals surface area contributed by atoms with E-state index in [9.17, 15) is 4.79 Å². The van der Waals surface area contributed by atoms with Gasteiger partial charge in [-0.15, -0.1) is 0 Å². The normalized spacial score (nSPS) is 16.0. The maximum atomic E-state index is 12.2. The molecule has 116 valence electrons. The Hall–Kier alpha value is -1.55. The van der Waals surface area contributed by atoms with Gasteiger partial charge in [0.25, 0.3) is 0 Å². The van der Waals surface area contributed by atoms with E-state index in [0.717, 1.165) is 37.4 Å². The zero-order chi connectivity index (χ0) is 15.1. The molecular formula is C17H26N2O2. The molecule has 1 amide bonds. The third-order valence-corrected chi connectivity index (χ3v) is 3.67. The van der Waals surface area contributed by atoms with E-state index in [4.69, 9.17) is 4.74 Å². The molecule has 2 N–H and O–H groups in total. The van der Waals surface area contributed by atoms with Gasteiger partial charge >= 0.3 is 0 Å². The Balaban J connectivity index is 1.90. The van der Waals surface area contributed by atoms with Crippen LogP contribution in [0.1, 0.15) is 33.1 Å². The predicted molar refractivity (Wildman–Crippen MR) is 85.6 cm³/mol. The number of rotatable bonds is 6. The summed E-state index contributed by atoms with van der Waals surface area (Å²) < 4.78 is 5.76. The monoisotopic (exact) mass is 290 g/mol. The molecular weight excluding hydrogens is 264 g/mol. The molecule has 21 heavy (non-hydrogen) atoms. The smallest absolute Gasteiger partial charge is 0.224 e. The molecule has 2 rings (SSSR count). The van der Waals surface area contributed by atoms with Crippen molar-refractivity contribution in [3.05, 3.63) is 24.3 Å². The van der Waals surface area contributed by atoms with Crippen molar-refractivity contribution in [3.8, 4) is 5.75 Å². The maximum absolute atomic E-state index is 12.2. The lowest BCUT2D eigenvalue weighted by Crippen LogP contribution is -2.30. The molecule has 0 unspecified atom stereocenters. The van der Waals surface area contributed by atoms with E-state index in [2.05, 4.69) is 24.5 Å². The molecule has 4 nitrogen and oxygen atoms in total. The van der Waals surface area contributed by atoms with Crippen LogP contribution in [0.15, 0.2) is 24.3 Å². The summed E-state index contributed by atoms with van der Waals surface area (Å²) >= 11 is 0. The molecule has 1 aromatic carbocycles. The van der Waals surface area contributed by atoms with Gasteiger partial charge in [-0.2, -0.15) is 0 Å². The van der Waals surface area contributed by atoms with Gasteiger partial charge in [0.2, 0.25) is 5.91 Å². The molecule has 1 aromatic rings. The minimum atomic E-state index is 0.0856. The molecule has 1 saturated heterocycles. The van der Waals surface area contributed by atoms with E-state index in [1.165, 1.54) is 0 Å². The largest absolute Gasteiger partial charge is 0.491 e. The molecule has 0 aliphatic carbocycles. The Morgan fingerprint density at radius 1 is 1.33 bits per heavy atom. The highest BCUT2D eigenvalue weighted by atomic mass is 16.5. The van der Waals surface area contributed by atoms with Crippen molar-refractivity contribution in [1.29, 1.82) is 0 Å². The number of nitrogens with one attached hydrogen (secondary N) is 2. The van der Waals surface area contributed by atoms with Gasteiger partial charge < -0.3 is 15.4 Å². The summed E-state index contributed by atoms with van der Waals surface area (Å²) in [6.07, 6.45) is 2.76. The number of amides is 1. The Labute approximate surface area is 127 Å². The highest BCUT2D eigenvalue weighted by molar-refractivity contribution is 5.92. The number of anilines is 1. The highest BCUT2D eigenvalue weighted by Gasteiger charge is 2.17. The van der Waals surface area contributed by atoms with Gasteiger partial charge in [-0.05, 0) is 49.9 Å². The van der Waals surface area contributed by atoms with E-state index >= 15 is 0 Å². The summed E-state index contributed by atoms with van der Waals surface area (Å²) in [5.74, 6) is 1.80. The number of carbonyl (C=O) groups excluding carboxylic acids is 1. The summed E-state index contributed by atoms with van der Waals surface area (Å²) in [5.41, 5.74) is 0.775. The zero-order valence-corrected chi connectivity index (χ0v) is 13.0. The summed E-state index contributed by atoms with van der Waals surface area (Å²) in [6.45, 7) is 6.91. The number of carbonyl (C=O) groups is 1. The average molecular weight is 290 g/mol. The SMILES string of the molecule is CC(C)COc1ccccc1NC(=O)CC1CCNCC1. The van der Waals surface area contributed by atoms with Crippen LogP contribution in [0, 0.1) is 11.8 Å². The Kier molecular flexibility index (Phi) is 6.05. The lowest BCUT2D eigenvalue weighted by Gasteiger charge is -2.22. The van der Waals surface area contributed by atoms with E-state index in [1.807, 2.05) is 24.3 Å². The Morgan fingerprint density at radius 3 is 2.76 bits per heavy atom. The predicted octanol–water partition coefficient (Wildman–Crippen LogP) is 3.05. The summed E-state index contributed by atoms with van der Waals surface area (Å²) in [4.78, 5) is 12.2. The van der Waals surface area contributed by atoms with Gasteiger partial charge in [0.1, 0.15) is 5.75 Å². The van der Waals surface area contributed by atoms with Crippen LogP contribution in [0.2, 0.25) is 0 Å². The lowest BCUT2D eigenvalue weighted by molar-refractivity contribution is -0.117. The van der Waals surface area contributed by atoms with Gasteiger partial charge in [0.05, 0.1) is 12.3 Å². The van der Waals surface area contributed by atoms with Crippen LogP contribution in [-0.4, -0.2) is 25.6 Å². The first-order valence-electron chi connectivity index (χ1n) is 7.87. The second-order valence-corrected chi connectivity index (χ2v) is 6.15. The van der Waals surface area contributed by atoms with Crippen molar-refractivity contribution in [3.63, 3.8) is 0 Å². The van der Waals surface area contributed by atoms with E-state index in [1.54, 1.807) is 0 Å². The molecule has 0 bridgehead atoms. The molecule has 1 fully saturated rings. The third kappa shape index (κ3) is 5.38. The Bertz CT molecular complexity index is 454. The maximum Gasteiger partial charge on any atom is 0.224 e. The fourth-order valence-electron chi connectivity index (χ4n) is 2.50. The third-order valence-electron chi connectivity index (χ3n) is 3.67. The van der Waals surface area contributed by atoms with Crippen LogP contribution in [0.25, 0.3) is 0 Å². The van der Waals surface area contributed by atoms with Crippen LogP contribution in [0.5, 0.6) is 5.75 Å². The van der Waals surface area contributed by atoms with Crippen LogP contribution >= 0.6 is 0 Å². The summed E-state index contributed by atoms with van der Waals surface area (Å²) in [6, 6.07) is 7.65. The lowest BCUT2D eigenvalue weighted by atomic mass is 9.94. The van der Waals surface area contributed by atoms with Crippen LogP contribution in [-0.2, 0) is 4.79 Å². The average Bonchev–Trinajstić information content (AvgIpc) is 2.47. The molecule has 1 aliphatic rings. The number of piperidine rings is 1. The van der Waals surface area contributed by atoms with Crippen molar-refractivity contribution in [2.45, 2.75) is 33.1 Å². The number of benzene rings is 1. The van der Waals surface area contributed by atoms with Crippen LogP contribution in [0.4, 0.5) is 5.69 Å². The summed E-state index contributed by atoms with van der Waals surface area (Å²) in [7, 11) is 0. The van der Waals surface area contributed by atoms with Crippen molar-refractivity contribution in [1.82, 2.24) is 5.32 Å². The molecule has 0 spiro atoms. The molecule has 0 radical (unpaired) electrons. The van der Waals surface area contributed by atoms with Crippen molar-refractivity contribution in [2.75, 3.05) is 25.0 Å². The quantitative estimate of drug-likeness (QED) is 0.846. The van der Waals surface area contributed by atoms with E-state index < -0.39 is 0 Å². The Morgan fingerprint density at radius 2 is 2.05 bits per heavy atom. The second-order valence-electron chi connectivity index (χ2n) is 6.15. The molecule has 0 saturated carbocycles. The first kappa shape index (κ1) is 15.8. The molecule has 1 heterocycles. The van der Waals surface area contributed by atoms with E-state index in [-0.39, 0.29) is 5.91 Å². The van der Waals surface area contributed by atoms with Crippen LogP contribution < -0.4 is 15.4 Å². The second kappa shape index (κ2) is 8.03. The van der Waals surface area contributed by atoms with Gasteiger partial charge in [0.15, 0.2) is 0 Å². The molecule has 1 aliphatic heterocycles. The zero-order valence-electron chi connectivity index (χ0n) is 13.0. The van der Waals surface area contributed by atoms with Gasteiger partial charge in [-0.25, -0.2) is 0 Å². The first-order valence-corrected chi connectivity index (χ1v) is 7.87. The fraction of sp³-hybridized carbons (Fsp3) is 0.588. The molecule has 0 aromatic heterocycles. The first-order chi connectivity index (χ1) is 10.1. The van der Waals surface area contributed by atoms with Crippen molar-refractivity contribution >= 4 is 11.6 Å². The standard InChI is InChI=1S/C17H26N2O2/c1-13(2)12-21-16-6-4-3-5-15(16)19-17(20)11-14-7-9-18-10-8-14/h3-6,13-14,18H,7-12H2,1-2H3,(H,19,20). The van der Waals surface area contributed by atoms with Crippen molar-refractivity contribution < 1.29 is 9.53 Å². The molecule has 4 heteroatoms. The number of hydrogen-bond acceptors (Lipinski definition) is 3. The topological polar surface area (TPSA) is 50.4 Å². The highest BCUT2D eigenvalue weighted by Crippen LogP contribution is 2.25. The fourth-order valence-corrected chi connectivity index (χ4v) is 2.50. The number of hydrogen-bond donors (Lipinski definition) is 2.